The minimum Gasteiger partial charge on any atom is -0.361 e. The maximum absolute atomic E-state index is 14.5. The van der Waals surface area contributed by atoms with Crippen LogP contribution in [0.15, 0.2) is 35.7 Å². The number of hydrogen-bond acceptors (Lipinski definition) is 3. The molecular weight excluding hydrogens is 283 g/mol. The number of nitrogens with zero attached hydrogens (tertiary/aromatic N) is 1. The summed E-state index contributed by atoms with van der Waals surface area (Å²) in [5.41, 5.74) is 7.48. The van der Waals surface area contributed by atoms with E-state index >= 15 is 0 Å². The van der Waals surface area contributed by atoms with E-state index in [2.05, 4.69) is 16.3 Å². The minimum atomic E-state index is -0.128. The second-order valence-corrected chi connectivity index (χ2v) is 6.94. The monoisotopic (exact) mass is 304 g/mol. The van der Waals surface area contributed by atoms with Crippen molar-refractivity contribution in [3.63, 3.8) is 0 Å². The van der Waals surface area contributed by atoms with Gasteiger partial charge in [0.15, 0.2) is 0 Å². The first-order valence-electron chi connectivity index (χ1n) is 7.46. The summed E-state index contributed by atoms with van der Waals surface area (Å²) in [6.45, 7) is 2.74. The molecule has 1 saturated carbocycles. The van der Waals surface area contributed by atoms with Crippen molar-refractivity contribution < 1.29 is 4.39 Å². The van der Waals surface area contributed by atoms with Crippen molar-refractivity contribution in [1.29, 1.82) is 0 Å². The van der Waals surface area contributed by atoms with Crippen molar-refractivity contribution in [1.82, 2.24) is 0 Å². The van der Waals surface area contributed by atoms with Crippen LogP contribution in [0.3, 0.4) is 0 Å². The molecule has 0 bridgehead atoms. The van der Waals surface area contributed by atoms with Gasteiger partial charge in [-0.1, -0.05) is 12.1 Å². The average Bonchev–Trinajstić information content (AvgIpc) is 3.14. The van der Waals surface area contributed by atoms with Crippen LogP contribution in [-0.2, 0) is 13.0 Å². The molecule has 0 spiro atoms. The second-order valence-electron chi connectivity index (χ2n) is 5.91. The second kappa shape index (κ2) is 6.16. The third kappa shape index (κ3) is 3.63. The summed E-state index contributed by atoms with van der Waals surface area (Å²) in [5.74, 6) is -0.128. The number of rotatable bonds is 6. The Bertz CT molecular complexity index is 591. The highest BCUT2D eigenvalue weighted by molar-refractivity contribution is 7.09. The highest BCUT2D eigenvalue weighted by atomic mass is 32.1. The minimum absolute atomic E-state index is 0.0564. The van der Waals surface area contributed by atoms with E-state index in [9.17, 15) is 4.39 Å². The van der Waals surface area contributed by atoms with E-state index in [0.717, 1.165) is 30.6 Å². The number of thiophene rings is 1. The standard InChI is InChI=1S/C17H21FN2S/c1-12(19)9-13-4-7-17(16(18)10-13)20(14-5-6-14)11-15-3-2-8-21-15/h2-4,7-8,10,12,14H,5-6,9,11,19H2,1H3. The molecule has 1 aliphatic carbocycles. The number of halogens is 1. The van der Waals surface area contributed by atoms with Crippen LogP contribution in [0.4, 0.5) is 10.1 Å². The Hall–Kier alpha value is -1.39. The van der Waals surface area contributed by atoms with Gasteiger partial charge in [-0.05, 0) is 55.3 Å². The van der Waals surface area contributed by atoms with E-state index in [0.29, 0.717) is 12.5 Å². The van der Waals surface area contributed by atoms with Crippen molar-refractivity contribution in [2.75, 3.05) is 4.90 Å². The van der Waals surface area contributed by atoms with E-state index in [4.69, 9.17) is 5.73 Å². The first-order valence-corrected chi connectivity index (χ1v) is 8.34. The summed E-state index contributed by atoms with van der Waals surface area (Å²) < 4.78 is 14.5. The van der Waals surface area contributed by atoms with Gasteiger partial charge in [0.05, 0.1) is 12.2 Å². The van der Waals surface area contributed by atoms with Gasteiger partial charge in [-0.2, -0.15) is 0 Å². The lowest BCUT2D eigenvalue weighted by Gasteiger charge is -2.25. The molecule has 0 aliphatic heterocycles. The van der Waals surface area contributed by atoms with Crippen LogP contribution in [-0.4, -0.2) is 12.1 Å². The van der Waals surface area contributed by atoms with Crippen LogP contribution < -0.4 is 10.6 Å². The highest BCUT2D eigenvalue weighted by Crippen LogP contribution is 2.35. The van der Waals surface area contributed by atoms with Crippen molar-refractivity contribution in [2.24, 2.45) is 5.73 Å². The summed E-state index contributed by atoms with van der Waals surface area (Å²) in [6, 6.07) is 10.3. The van der Waals surface area contributed by atoms with Crippen LogP contribution in [0, 0.1) is 5.82 Å². The smallest absolute Gasteiger partial charge is 0.146 e. The molecule has 1 aromatic carbocycles. The molecule has 4 heteroatoms. The van der Waals surface area contributed by atoms with E-state index in [-0.39, 0.29) is 11.9 Å². The molecule has 0 saturated heterocycles. The molecule has 0 amide bonds. The number of nitrogens with two attached hydrogens (primary N) is 1. The average molecular weight is 304 g/mol. The third-order valence-electron chi connectivity index (χ3n) is 3.77. The molecule has 1 atom stereocenters. The first-order chi connectivity index (χ1) is 10.1. The zero-order chi connectivity index (χ0) is 14.8. The summed E-state index contributed by atoms with van der Waals surface area (Å²) in [6.07, 6.45) is 3.03. The first kappa shape index (κ1) is 14.5. The van der Waals surface area contributed by atoms with E-state index in [1.165, 1.54) is 4.88 Å². The number of hydrogen-bond donors (Lipinski definition) is 1. The SMILES string of the molecule is CC(N)Cc1ccc(N(Cc2cccs2)C2CC2)c(F)c1. The lowest BCUT2D eigenvalue weighted by Crippen LogP contribution is -2.25. The fraction of sp³-hybridized carbons (Fsp3) is 0.412. The van der Waals surface area contributed by atoms with Gasteiger partial charge in [-0.15, -0.1) is 11.3 Å². The highest BCUT2D eigenvalue weighted by Gasteiger charge is 2.31. The van der Waals surface area contributed by atoms with Crippen LogP contribution >= 0.6 is 11.3 Å². The Morgan fingerprint density at radius 3 is 2.76 bits per heavy atom. The number of benzene rings is 1. The predicted octanol–water partition coefficient (Wildman–Crippen LogP) is 3.95. The summed E-state index contributed by atoms with van der Waals surface area (Å²) in [4.78, 5) is 3.48. The maximum Gasteiger partial charge on any atom is 0.146 e. The summed E-state index contributed by atoms with van der Waals surface area (Å²) in [7, 11) is 0. The Labute approximate surface area is 129 Å². The molecule has 1 heterocycles. The zero-order valence-electron chi connectivity index (χ0n) is 12.3. The van der Waals surface area contributed by atoms with Gasteiger partial charge >= 0.3 is 0 Å². The molecule has 1 unspecified atom stereocenters. The summed E-state index contributed by atoms with van der Waals surface area (Å²) in [5, 5.41) is 2.07. The lowest BCUT2D eigenvalue weighted by atomic mass is 10.1. The van der Waals surface area contributed by atoms with Gasteiger partial charge in [0.2, 0.25) is 0 Å². The molecule has 2 aromatic rings. The van der Waals surface area contributed by atoms with Crippen molar-refractivity contribution >= 4 is 17.0 Å². The molecule has 2 nitrogen and oxygen atoms in total. The van der Waals surface area contributed by atoms with Gasteiger partial charge in [0.25, 0.3) is 0 Å². The largest absolute Gasteiger partial charge is 0.361 e. The van der Waals surface area contributed by atoms with Gasteiger partial charge < -0.3 is 10.6 Å². The topological polar surface area (TPSA) is 29.3 Å². The summed E-state index contributed by atoms with van der Waals surface area (Å²) >= 11 is 1.73. The van der Waals surface area contributed by atoms with Gasteiger partial charge in [-0.3, -0.25) is 0 Å². The normalized spacial score (nSPS) is 16.0. The zero-order valence-corrected chi connectivity index (χ0v) is 13.1. The van der Waals surface area contributed by atoms with Crippen molar-refractivity contribution in [3.8, 4) is 0 Å². The molecule has 1 aromatic heterocycles. The Kier molecular flexibility index (Phi) is 4.27. The molecule has 3 rings (SSSR count). The molecular formula is C17H21FN2S. The molecule has 1 aliphatic rings. The maximum atomic E-state index is 14.5. The molecule has 112 valence electrons. The Balaban J connectivity index is 1.82. The van der Waals surface area contributed by atoms with E-state index in [1.54, 1.807) is 17.4 Å². The quantitative estimate of drug-likeness (QED) is 0.875. The Morgan fingerprint density at radius 2 is 2.19 bits per heavy atom. The Morgan fingerprint density at radius 1 is 1.38 bits per heavy atom. The fourth-order valence-corrected chi connectivity index (χ4v) is 3.35. The van der Waals surface area contributed by atoms with Crippen LogP contribution in [0.25, 0.3) is 0 Å². The van der Waals surface area contributed by atoms with E-state index < -0.39 is 0 Å². The van der Waals surface area contributed by atoms with Crippen LogP contribution in [0.2, 0.25) is 0 Å². The van der Waals surface area contributed by atoms with E-state index in [1.807, 2.05) is 25.1 Å². The predicted molar refractivity (Wildman–Crippen MR) is 87.3 cm³/mol. The molecule has 2 N–H and O–H groups in total. The third-order valence-corrected chi connectivity index (χ3v) is 4.63. The van der Waals surface area contributed by atoms with Gasteiger partial charge in [0.1, 0.15) is 5.82 Å². The van der Waals surface area contributed by atoms with Gasteiger partial charge in [0, 0.05) is 17.0 Å². The van der Waals surface area contributed by atoms with Crippen molar-refractivity contribution in [2.45, 2.75) is 44.8 Å². The number of anilines is 1. The molecule has 1 fully saturated rings. The van der Waals surface area contributed by atoms with Crippen LogP contribution in [0.5, 0.6) is 0 Å². The fourth-order valence-electron chi connectivity index (χ4n) is 2.65. The molecule has 0 radical (unpaired) electrons. The van der Waals surface area contributed by atoms with Crippen molar-refractivity contribution in [3.05, 3.63) is 52.0 Å². The molecule has 21 heavy (non-hydrogen) atoms. The lowest BCUT2D eigenvalue weighted by molar-refractivity contribution is 0.611. The van der Waals surface area contributed by atoms with Crippen LogP contribution in [0.1, 0.15) is 30.2 Å². The van der Waals surface area contributed by atoms with Gasteiger partial charge in [-0.25, -0.2) is 4.39 Å².